The lowest BCUT2D eigenvalue weighted by Gasteiger charge is -2.53. The van der Waals surface area contributed by atoms with Crippen LogP contribution < -0.4 is 0 Å². The molecule has 0 aliphatic heterocycles. The first-order valence-corrected chi connectivity index (χ1v) is 12.5. The summed E-state index contributed by atoms with van der Waals surface area (Å²) in [6.07, 6.45) is 18.7. The van der Waals surface area contributed by atoms with Crippen molar-refractivity contribution in [2.24, 2.45) is 35.5 Å². The number of rotatable bonds is 0. The molecule has 6 rings (SSSR count). The summed E-state index contributed by atoms with van der Waals surface area (Å²) in [7, 11) is 0. The molecule has 8 atom stereocenters. The van der Waals surface area contributed by atoms with E-state index in [1.165, 1.54) is 57.8 Å². The van der Waals surface area contributed by atoms with Crippen molar-refractivity contribution in [2.75, 3.05) is 0 Å². The Bertz CT molecular complexity index is 716. The van der Waals surface area contributed by atoms with Crippen molar-refractivity contribution in [3.05, 3.63) is 34.4 Å². The second-order valence-corrected chi connectivity index (χ2v) is 11.6. The molecule has 0 nitrogen and oxygen atoms in total. The van der Waals surface area contributed by atoms with E-state index in [0.29, 0.717) is 10.2 Å². The van der Waals surface area contributed by atoms with Crippen molar-refractivity contribution in [1.82, 2.24) is 0 Å². The lowest BCUT2D eigenvalue weighted by molar-refractivity contribution is 0.0436. The van der Waals surface area contributed by atoms with E-state index in [-0.39, 0.29) is 0 Å². The van der Waals surface area contributed by atoms with E-state index in [4.69, 9.17) is 11.6 Å². The van der Waals surface area contributed by atoms with Gasteiger partial charge in [-0.2, -0.15) is 0 Å². The fourth-order valence-electron chi connectivity index (χ4n) is 8.14. The van der Waals surface area contributed by atoms with Crippen LogP contribution in [0.5, 0.6) is 0 Å². The summed E-state index contributed by atoms with van der Waals surface area (Å²) in [5.74, 6) is 5.41. The Morgan fingerprint density at radius 2 is 1.69 bits per heavy atom. The molecular formula is C24H30BrCl. The van der Waals surface area contributed by atoms with Crippen molar-refractivity contribution in [2.45, 2.75) is 74.4 Å². The highest BCUT2D eigenvalue weighted by molar-refractivity contribution is 9.09. The zero-order valence-electron chi connectivity index (χ0n) is 15.6. The predicted molar refractivity (Wildman–Crippen MR) is 113 cm³/mol. The van der Waals surface area contributed by atoms with Crippen LogP contribution in [0.3, 0.4) is 0 Å². The van der Waals surface area contributed by atoms with E-state index >= 15 is 0 Å². The molecule has 2 heteroatoms. The summed E-state index contributed by atoms with van der Waals surface area (Å²) < 4.78 is 0. The van der Waals surface area contributed by atoms with Crippen LogP contribution in [0.4, 0.5) is 0 Å². The zero-order chi connectivity index (χ0) is 17.4. The fraction of sp³-hybridized carbons (Fsp3) is 0.750. The number of halogens is 2. The average Bonchev–Trinajstić information content (AvgIpc) is 2.99. The van der Waals surface area contributed by atoms with E-state index in [1.807, 2.05) is 16.7 Å². The second-order valence-electron chi connectivity index (χ2n) is 9.89. The molecule has 0 aromatic rings. The van der Waals surface area contributed by atoms with Crippen molar-refractivity contribution in [3.8, 4) is 0 Å². The Hall–Kier alpha value is -0.0100. The molecule has 0 amide bonds. The highest BCUT2D eigenvalue weighted by Crippen LogP contribution is 2.64. The highest BCUT2D eigenvalue weighted by Gasteiger charge is 2.55. The summed E-state index contributed by atoms with van der Waals surface area (Å²) in [4.78, 5) is 0.602. The minimum Gasteiger partial charge on any atom is -0.123 e. The van der Waals surface area contributed by atoms with Crippen LogP contribution in [0, 0.1) is 35.5 Å². The van der Waals surface area contributed by atoms with Crippen LogP contribution in [0.1, 0.15) is 64.2 Å². The topological polar surface area (TPSA) is 0 Å². The van der Waals surface area contributed by atoms with Gasteiger partial charge in [-0.15, -0.1) is 11.6 Å². The van der Waals surface area contributed by atoms with Gasteiger partial charge >= 0.3 is 0 Å². The Balaban J connectivity index is 1.43. The van der Waals surface area contributed by atoms with Gasteiger partial charge in [-0.3, -0.25) is 0 Å². The summed E-state index contributed by atoms with van der Waals surface area (Å²) in [6.45, 7) is 0. The van der Waals surface area contributed by atoms with Crippen LogP contribution in [0.15, 0.2) is 34.4 Å². The number of alkyl halides is 2. The second kappa shape index (κ2) is 6.24. The van der Waals surface area contributed by atoms with Gasteiger partial charge in [-0.05, 0) is 93.8 Å². The van der Waals surface area contributed by atoms with Gasteiger partial charge in [0.2, 0.25) is 0 Å². The lowest BCUT2D eigenvalue weighted by atomic mass is 9.52. The maximum absolute atomic E-state index is 6.57. The Kier molecular flexibility index (Phi) is 4.06. The van der Waals surface area contributed by atoms with Gasteiger partial charge in [-0.1, -0.05) is 50.4 Å². The van der Waals surface area contributed by atoms with Gasteiger partial charge in [0.15, 0.2) is 0 Å². The maximum atomic E-state index is 6.57. The van der Waals surface area contributed by atoms with Gasteiger partial charge in [0, 0.05) is 16.1 Å². The van der Waals surface area contributed by atoms with Crippen LogP contribution in [0.25, 0.3) is 0 Å². The third-order valence-corrected chi connectivity index (χ3v) is 10.3. The van der Waals surface area contributed by atoms with Gasteiger partial charge in [0.1, 0.15) is 0 Å². The van der Waals surface area contributed by atoms with Crippen LogP contribution in [-0.4, -0.2) is 10.2 Å². The van der Waals surface area contributed by atoms with Crippen LogP contribution in [-0.2, 0) is 0 Å². The quantitative estimate of drug-likeness (QED) is 0.280. The van der Waals surface area contributed by atoms with Crippen molar-refractivity contribution < 1.29 is 0 Å². The summed E-state index contributed by atoms with van der Waals surface area (Å²) in [6, 6.07) is 0. The minimum atomic E-state index is 0.378. The highest BCUT2D eigenvalue weighted by atomic mass is 79.9. The predicted octanol–water partition coefficient (Wildman–Crippen LogP) is 7.19. The molecule has 140 valence electrons. The molecule has 26 heavy (non-hydrogen) atoms. The third kappa shape index (κ3) is 2.32. The van der Waals surface area contributed by atoms with E-state index < -0.39 is 0 Å². The number of hydrogen-bond donors (Lipinski definition) is 0. The molecule has 6 aliphatic rings. The Morgan fingerprint density at radius 1 is 0.885 bits per heavy atom. The van der Waals surface area contributed by atoms with Crippen molar-refractivity contribution in [3.63, 3.8) is 0 Å². The molecule has 8 unspecified atom stereocenters. The number of allylic oxidation sites excluding steroid dienone is 6. The maximum Gasteiger partial charge on any atom is 0.0376 e. The van der Waals surface area contributed by atoms with E-state index in [0.717, 1.165) is 41.9 Å². The zero-order valence-corrected chi connectivity index (χ0v) is 17.9. The first-order chi connectivity index (χ1) is 12.7. The molecular weight excluding hydrogens is 404 g/mol. The smallest absolute Gasteiger partial charge is 0.0376 e. The number of fused-ring (bicyclic) bond motifs is 5. The molecule has 0 radical (unpaired) electrons. The number of hydrogen-bond acceptors (Lipinski definition) is 0. The lowest BCUT2D eigenvalue weighted by Crippen LogP contribution is -2.46. The van der Waals surface area contributed by atoms with Crippen LogP contribution in [0.2, 0.25) is 0 Å². The van der Waals surface area contributed by atoms with Gasteiger partial charge < -0.3 is 0 Å². The molecule has 1 saturated carbocycles. The van der Waals surface area contributed by atoms with Crippen molar-refractivity contribution >= 4 is 27.5 Å². The van der Waals surface area contributed by atoms with Crippen LogP contribution >= 0.6 is 27.5 Å². The SMILES string of the molecule is ClC1CCC2=C(C1)C(Br)CC1C2CC2C3=C(CCCC3)C3C=CCC1C32. The van der Waals surface area contributed by atoms with Gasteiger partial charge in [0.05, 0.1) is 0 Å². The molecule has 0 heterocycles. The average molecular weight is 434 g/mol. The molecule has 0 aromatic carbocycles. The van der Waals surface area contributed by atoms with E-state index in [2.05, 4.69) is 28.1 Å². The molecule has 0 N–H and O–H groups in total. The Labute approximate surface area is 171 Å². The summed E-state index contributed by atoms with van der Waals surface area (Å²) in [5.41, 5.74) is 7.42. The molecule has 1 fully saturated rings. The Morgan fingerprint density at radius 3 is 2.58 bits per heavy atom. The molecule has 0 bridgehead atoms. The third-order valence-electron chi connectivity index (χ3n) is 8.99. The molecule has 6 aliphatic carbocycles. The normalized spacial score (nSPS) is 49.5. The monoisotopic (exact) mass is 432 g/mol. The molecule has 0 saturated heterocycles. The molecule has 0 spiro atoms. The minimum absolute atomic E-state index is 0.378. The summed E-state index contributed by atoms with van der Waals surface area (Å²) in [5, 5.41) is 0.378. The first-order valence-electron chi connectivity index (χ1n) is 11.1. The van der Waals surface area contributed by atoms with Gasteiger partial charge in [0.25, 0.3) is 0 Å². The largest absolute Gasteiger partial charge is 0.123 e. The van der Waals surface area contributed by atoms with Gasteiger partial charge in [-0.25, -0.2) is 0 Å². The summed E-state index contributed by atoms with van der Waals surface area (Å²) >= 11 is 10.7. The van der Waals surface area contributed by atoms with E-state index in [1.54, 1.807) is 5.57 Å². The van der Waals surface area contributed by atoms with Crippen molar-refractivity contribution in [1.29, 1.82) is 0 Å². The standard InChI is InChI=1S/C24H30BrCl/c25-23-12-20-18-7-3-6-17-14-4-1-2-5-15(14)22(24(17)18)11-19(20)16-9-8-13(26)10-21(16)23/h3,6,13,17-20,22-24H,1-2,4-5,7-12H2. The molecule has 0 aromatic heterocycles. The van der Waals surface area contributed by atoms with E-state index in [9.17, 15) is 0 Å². The fourth-order valence-corrected chi connectivity index (χ4v) is 9.33. The first kappa shape index (κ1) is 16.9.